The normalized spacial score (nSPS) is 13.4. The van der Waals surface area contributed by atoms with Gasteiger partial charge in [-0.2, -0.15) is 13.2 Å². The maximum atomic E-state index is 12.8. The molecule has 0 aliphatic carbocycles. The Bertz CT molecular complexity index is 622. The SMILES string of the molecule is Cn1ccnc1CCC(N)c1cc(C(F)(F)F)ccc1Br. The number of nitrogens with zero attached hydrogens (tertiary/aromatic N) is 2. The van der Waals surface area contributed by atoms with Crippen molar-refractivity contribution in [1.29, 1.82) is 0 Å². The molecule has 1 heterocycles. The topological polar surface area (TPSA) is 43.8 Å². The van der Waals surface area contributed by atoms with Crippen LogP contribution in [0.4, 0.5) is 13.2 Å². The van der Waals surface area contributed by atoms with Crippen LogP contribution in [0.15, 0.2) is 35.1 Å². The first-order valence-corrected chi connectivity index (χ1v) is 7.16. The Morgan fingerprint density at radius 2 is 2.10 bits per heavy atom. The molecule has 0 amide bonds. The monoisotopic (exact) mass is 361 g/mol. The fourth-order valence-electron chi connectivity index (χ4n) is 2.08. The molecule has 3 nitrogen and oxygen atoms in total. The van der Waals surface area contributed by atoms with E-state index in [4.69, 9.17) is 5.73 Å². The van der Waals surface area contributed by atoms with E-state index in [1.54, 1.807) is 6.20 Å². The highest BCUT2D eigenvalue weighted by Gasteiger charge is 2.31. The summed E-state index contributed by atoms with van der Waals surface area (Å²) in [6.07, 6.45) is 0.259. The Balaban J connectivity index is 2.15. The van der Waals surface area contributed by atoms with E-state index >= 15 is 0 Å². The van der Waals surface area contributed by atoms with E-state index in [2.05, 4.69) is 20.9 Å². The number of imidazole rings is 1. The first-order chi connectivity index (χ1) is 9.79. The molecule has 0 spiro atoms. The number of hydrogen-bond donors (Lipinski definition) is 1. The lowest BCUT2D eigenvalue weighted by Gasteiger charge is -2.16. The Morgan fingerprint density at radius 1 is 1.38 bits per heavy atom. The quantitative estimate of drug-likeness (QED) is 0.898. The van der Waals surface area contributed by atoms with Crippen LogP contribution in [0.5, 0.6) is 0 Å². The maximum Gasteiger partial charge on any atom is 0.416 e. The molecule has 0 aliphatic rings. The minimum atomic E-state index is -4.37. The minimum Gasteiger partial charge on any atom is -0.338 e. The van der Waals surface area contributed by atoms with Crippen molar-refractivity contribution in [2.45, 2.75) is 25.1 Å². The van der Waals surface area contributed by atoms with Gasteiger partial charge in [-0.15, -0.1) is 0 Å². The third-order valence-electron chi connectivity index (χ3n) is 3.32. The van der Waals surface area contributed by atoms with Gasteiger partial charge >= 0.3 is 6.18 Å². The van der Waals surface area contributed by atoms with Crippen molar-refractivity contribution in [2.24, 2.45) is 12.8 Å². The molecule has 0 saturated heterocycles. The van der Waals surface area contributed by atoms with Gasteiger partial charge in [0.1, 0.15) is 5.82 Å². The Kier molecular flexibility index (Phi) is 4.73. The summed E-state index contributed by atoms with van der Waals surface area (Å²) >= 11 is 3.26. The number of alkyl halides is 3. The molecule has 0 fully saturated rings. The number of rotatable bonds is 4. The molecule has 0 radical (unpaired) electrons. The van der Waals surface area contributed by atoms with Crippen molar-refractivity contribution in [3.05, 3.63) is 52.0 Å². The lowest BCUT2D eigenvalue weighted by Crippen LogP contribution is -2.15. The Labute approximate surface area is 129 Å². The molecule has 1 aromatic heterocycles. The predicted octanol–water partition coefficient (Wildman–Crippen LogP) is 3.83. The van der Waals surface area contributed by atoms with Crippen LogP contribution < -0.4 is 5.73 Å². The molecule has 1 aromatic carbocycles. The van der Waals surface area contributed by atoms with Crippen molar-refractivity contribution < 1.29 is 13.2 Å². The molecule has 1 unspecified atom stereocenters. The highest BCUT2D eigenvalue weighted by atomic mass is 79.9. The van der Waals surface area contributed by atoms with Crippen LogP contribution >= 0.6 is 15.9 Å². The second kappa shape index (κ2) is 6.19. The average molecular weight is 362 g/mol. The number of aromatic nitrogens is 2. The van der Waals surface area contributed by atoms with Crippen molar-refractivity contribution in [3.8, 4) is 0 Å². The second-order valence-corrected chi connectivity index (χ2v) is 5.69. The van der Waals surface area contributed by atoms with Gasteiger partial charge in [-0.25, -0.2) is 4.98 Å². The first kappa shape index (κ1) is 16.0. The summed E-state index contributed by atoms with van der Waals surface area (Å²) in [6, 6.07) is 3.05. The van der Waals surface area contributed by atoms with Crippen molar-refractivity contribution in [3.63, 3.8) is 0 Å². The molecular formula is C14H15BrF3N3. The zero-order chi connectivity index (χ0) is 15.6. The fourth-order valence-corrected chi connectivity index (χ4v) is 2.62. The van der Waals surface area contributed by atoms with Gasteiger partial charge in [0.05, 0.1) is 5.56 Å². The van der Waals surface area contributed by atoms with Gasteiger partial charge in [0, 0.05) is 36.4 Å². The number of halogens is 4. The summed E-state index contributed by atoms with van der Waals surface area (Å²) in [5.74, 6) is 0.855. The summed E-state index contributed by atoms with van der Waals surface area (Å²) in [6.45, 7) is 0. The lowest BCUT2D eigenvalue weighted by molar-refractivity contribution is -0.137. The molecule has 0 saturated carbocycles. The molecule has 0 aliphatic heterocycles. The molecule has 1 atom stereocenters. The molecular weight excluding hydrogens is 347 g/mol. The van der Waals surface area contributed by atoms with Gasteiger partial charge in [0.15, 0.2) is 0 Å². The summed E-state index contributed by atoms with van der Waals surface area (Å²) < 4.78 is 40.7. The van der Waals surface area contributed by atoms with Gasteiger partial charge in [-0.1, -0.05) is 15.9 Å². The lowest BCUT2D eigenvalue weighted by atomic mass is 10.0. The van der Waals surface area contributed by atoms with Crippen molar-refractivity contribution >= 4 is 15.9 Å². The summed E-state index contributed by atoms with van der Waals surface area (Å²) in [5.41, 5.74) is 5.81. The van der Waals surface area contributed by atoms with Crippen molar-refractivity contribution in [1.82, 2.24) is 9.55 Å². The largest absolute Gasteiger partial charge is 0.416 e. The molecule has 2 N–H and O–H groups in total. The summed E-state index contributed by atoms with van der Waals surface area (Å²) in [7, 11) is 1.87. The first-order valence-electron chi connectivity index (χ1n) is 6.37. The fraction of sp³-hybridized carbons (Fsp3) is 0.357. The van der Waals surface area contributed by atoms with Crippen molar-refractivity contribution in [2.75, 3.05) is 0 Å². The Hall–Kier alpha value is -1.34. The van der Waals surface area contributed by atoms with Crippen LogP contribution in [-0.2, 0) is 19.6 Å². The predicted molar refractivity (Wildman–Crippen MR) is 77.6 cm³/mol. The Morgan fingerprint density at radius 3 is 2.67 bits per heavy atom. The zero-order valence-electron chi connectivity index (χ0n) is 11.4. The van der Waals surface area contributed by atoms with Crippen LogP contribution in [0.25, 0.3) is 0 Å². The zero-order valence-corrected chi connectivity index (χ0v) is 12.9. The average Bonchev–Trinajstić information content (AvgIpc) is 2.80. The van der Waals surface area contributed by atoms with Crippen LogP contribution in [0, 0.1) is 0 Å². The van der Waals surface area contributed by atoms with Crippen LogP contribution in [0.1, 0.15) is 29.4 Å². The van der Waals surface area contributed by atoms with Gasteiger partial charge in [-0.3, -0.25) is 0 Å². The van der Waals surface area contributed by atoms with E-state index in [-0.39, 0.29) is 0 Å². The van der Waals surface area contributed by atoms with E-state index in [0.29, 0.717) is 22.9 Å². The van der Waals surface area contributed by atoms with E-state index in [1.165, 1.54) is 6.07 Å². The third-order valence-corrected chi connectivity index (χ3v) is 4.04. The second-order valence-electron chi connectivity index (χ2n) is 4.83. The number of aryl methyl sites for hydroxylation is 2. The minimum absolute atomic E-state index is 0.457. The highest BCUT2D eigenvalue weighted by molar-refractivity contribution is 9.10. The van der Waals surface area contributed by atoms with Gasteiger partial charge in [-0.05, 0) is 30.2 Å². The molecule has 0 bridgehead atoms. The van der Waals surface area contributed by atoms with E-state index in [1.807, 2.05) is 17.8 Å². The van der Waals surface area contributed by atoms with Gasteiger partial charge in [0.2, 0.25) is 0 Å². The number of nitrogens with two attached hydrogens (primary N) is 1. The molecule has 2 rings (SSSR count). The molecule has 114 valence electrons. The number of benzene rings is 1. The highest BCUT2D eigenvalue weighted by Crippen LogP contribution is 2.34. The van der Waals surface area contributed by atoms with Crippen LogP contribution in [0.2, 0.25) is 0 Å². The number of hydrogen-bond acceptors (Lipinski definition) is 2. The molecule has 21 heavy (non-hydrogen) atoms. The van der Waals surface area contributed by atoms with E-state index in [9.17, 15) is 13.2 Å². The van der Waals surface area contributed by atoms with Gasteiger partial charge < -0.3 is 10.3 Å². The standard InChI is InChI=1S/C14H15BrF3N3/c1-21-7-6-20-13(21)5-4-12(19)10-8-9(14(16,17)18)2-3-11(10)15/h2-3,6-8,12H,4-5,19H2,1H3. The third kappa shape index (κ3) is 3.85. The molecule has 7 heteroatoms. The summed E-state index contributed by atoms with van der Waals surface area (Å²) in [4.78, 5) is 4.18. The van der Waals surface area contributed by atoms with E-state index < -0.39 is 17.8 Å². The van der Waals surface area contributed by atoms with Crippen LogP contribution in [0.3, 0.4) is 0 Å². The van der Waals surface area contributed by atoms with Gasteiger partial charge in [0.25, 0.3) is 0 Å². The van der Waals surface area contributed by atoms with E-state index in [0.717, 1.165) is 18.0 Å². The van der Waals surface area contributed by atoms with Crippen LogP contribution in [-0.4, -0.2) is 9.55 Å². The summed E-state index contributed by atoms with van der Waals surface area (Å²) in [5, 5.41) is 0. The molecule has 2 aromatic rings. The maximum absolute atomic E-state index is 12.8. The smallest absolute Gasteiger partial charge is 0.338 e.